The third-order valence-corrected chi connectivity index (χ3v) is 6.17. The molecule has 2 saturated carbocycles. The third kappa shape index (κ3) is 3.02. The molecule has 3 nitrogen and oxygen atoms in total. The zero-order chi connectivity index (χ0) is 16.6. The Hall–Kier alpha value is -2.00. The number of rotatable bonds is 4. The van der Waals surface area contributed by atoms with E-state index in [2.05, 4.69) is 29.6 Å². The molecular formula is C22H25NO2. The van der Waals surface area contributed by atoms with Gasteiger partial charge in [-0.2, -0.15) is 0 Å². The Labute approximate surface area is 149 Å². The highest BCUT2D eigenvalue weighted by atomic mass is 16.6. The summed E-state index contributed by atoms with van der Waals surface area (Å²) >= 11 is 0. The van der Waals surface area contributed by atoms with Crippen LogP contribution in [-0.4, -0.2) is 12.6 Å². The van der Waals surface area contributed by atoms with E-state index in [0.29, 0.717) is 6.61 Å². The Morgan fingerprint density at radius 1 is 0.920 bits per heavy atom. The molecular weight excluding hydrogens is 310 g/mol. The average Bonchev–Trinajstić information content (AvgIpc) is 3.30. The Morgan fingerprint density at radius 2 is 1.76 bits per heavy atom. The van der Waals surface area contributed by atoms with Gasteiger partial charge in [-0.05, 0) is 54.4 Å². The standard InChI is InChI=1S/C22H25NO2/c1-2-4-21-20(3-1)24-14-22(25-21)17-8-5-15(6-9-17)13-23-19-12-16-7-10-18(19)11-16/h1-6,8-9,16,18-19,22-23H,7,10-14H2/t16-,18+,19+,22+/m0/s1. The molecule has 1 N–H and O–H groups in total. The summed E-state index contributed by atoms with van der Waals surface area (Å²) in [5.74, 6) is 3.60. The molecule has 3 aliphatic rings. The van der Waals surface area contributed by atoms with Crippen LogP contribution in [0.3, 0.4) is 0 Å². The maximum Gasteiger partial charge on any atom is 0.162 e. The van der Waals surface area contributed by atoms with Crippen LogP contribution in [0, 0.1) is 11.8 Å². The molecule has 25 heavy (non-hydrogen) atoms. The van der Waals surface area contributed by atoms with Crippen LogP contribution >= 0.6 is 0 Å². The number of ether oxygens (including phenoxy) is 2. The third-order valence-electron chi connectivity index (χ3n) is 6.17. The summed E-state index contributed by atoms with van der Waals surface area (Å²) in [4.78, 5) is 0. The van der Waals surface area contributed by atoms with Gasteiger partial charge in [-0.1, -0.05) is 42.8 Å². The van der Waals surface area contributed by atoms with Crippen molar-refractivity contribution in [2.45, 2.75) is 44.4 Å². The van der Waals surface area contributed by atoms with Gasteiger partial charge in [0.2, 0.25) is 0 Å². The molecule has 2 fully saturated rings. The molecule has 2 aliphatic carbocycles. The van der Waals surface area contributed by atoms with Crippen molar-refractivity contribution in [2.75, 3.05) is 6.61 Å². The minimum atomic E-state index is -0.0255. The van der Waals surface area contributed by atoms with Gasteiger partial charge in [0, 0.05) is 12.6 Å². The Balaban J connectivity index is 1.21. The lowest BCUT2D eigenvalue weighted by molar-refractivity contribution is 0.0913. The Bertz CT molecular complexity index is 742. The number of benzene rings is 2. The summed E-state index contributed by atoms with van der Waals surface area (Å²) in [6.07, 6.45) is 5.71. The lowest BCUT2D eigenvalue weighted by Gasteiger charge is -2.27. The van der Waals surface area contributed by atoms with Crippen LogP contribution in [-0.2, 0) is 6.54 Å². The summed E-state index contributed by atoms with van der Waals surface area (Å²) in [7, 11) is 0. The molecule has 130 valence electrons. The van der Waals surface area contributed by atoms with E-state index in [1.165, 1.54) is 36.8 Å². The molecule has 3 heteroatoms. The van der Waals surface area contributed by atoms with Crippen molar-refractivity contribution < 1.29 is 9.47 Å². The number of hydrogen-bond donors (Lipinski definition) is 1. The molecule has 0 spiro atoms. The predicted octanol–water partition coefficient (Wildman–Crippen LogP) is 4.48. The summed E-state index contributed by atoms with van der Waals surface area (Å²) < 4.78 is 11.9. The van der Waals surface area contributed by atoms with Gasteiger partial charge in [-0.15, -0.1) is 0 Å². The molecule has 0 aromatic heterocycles. The topological polar surface area (TPSA) is 30.5 Å². The van der Waals surface area contributed by atoms with Crippen LogP contribution in [0.2, 0.25) is 0 Å². The van der Waals surface area contributed by atoms with Gasteiger partial charge in [0.25, 0.3) is 0 Å². The quantitative estimate of drug-likeness (QED) is 0.894. The second-order valence-corrected chi connectivity index (χ2v) is 7.77. The van der Waals surface area contributed by atoms with Crippen molar-refractivity contribution in [2.24, 2.45) is 11.8 Å². The van der Waals surface area contributed by atoms with Crippen LogP contribution in [0.4, 0.5) is 0 Å². The number of fused-ring (bicyclic) bond motifs is 3. The fraction of sp³-hybridized carbons (Fsp3) is 0.455. The van der Waals surface area contributed by atoms with Crippen molar-refractivity contribution in [3.63, 3.8) is 0 Å². The van der Waals surface area contributed by atoms with Gasteiger partial charge in [0.05, 0.1) is 0 Å². The van der Waals surface area contributed by atoms with Crippen molar-refractivity contribution in [3.05, 3.63) is 59.7 Å². The van der Waals surface area contributed by atoms with Gasteiger partial charge >= 0.3 is 0 Å². The Kier molecular flexibility index (Phi) is 3.90. The molecule has 2 aromatic carbocycles. The van der Waals surface area contributed by atoms with Crippen LogP contribution in [0.15, 0.2) is 48.5 Å². The van der Waals surface area contributed by atoms with Crippen molar-refractivity contribution >= 4 is 0 Å². The highest BCUT2D eigenvalue weighted by molar-refractivity contribution is 5.41. The Morgan fingerprint density at radius 3 is 2.52 bits per heavy atom. The fourth-order valence-electron chi connectivity index (χ4n) is 4.78. The summed E-state index contributed by atoms with van der Waals surface area (Å²) in [5.41, 5.74) is 2.53. The van der Waals surface area contributed by atoms with E-state index in [4.69, 9.17) is 9.47 Å². The molecule has 0 amide bonds. The number of nitrogens with one attached hydrogen (secondary N) is 1. The van der Waals surface area contributed by atoms with E-state index in [1.807, 2.05) is 24.3 Å². The molecule has 5 rings (SSSR count). The summed E-state index contributed by atoms with van der Waals surface area (Å²) in [6.45, 7) is 1.54. The van der Waals surface area contributed by atoms with Crippen LogP contribution < -0.4 is 14.8 Å². The van der Waals surface area contributed by atoms with Gasteiger partial charge in [-0.3, -0.25) is 0 Å². The van der Waals surface area contributed by atoms with Crippen LogP contribution in [0.5, 0.6) is 11.5 Å². The predicted molar refractivity (Wildman–Crippen MR) is 97.8 cm³/mol. The number of para-hydroxylation sites is 2. The van der Waals surface area contributed by atoms with E-state index >= 15 is 0 Å². The maximum atomic E-state index is 6.09. The van der Waals surface area contributed by atoms with Crippen molar-refractivity contribution in [1.29, 1.82) is 0 Å². The molecule has 0 saturated heterocycles. The first kappa shape index (κ1) is 15.3. The van der Waals surface area contributed by atoms with E-state index in [9.17, 15) is 0 Å². The lowest BCUT2D eigenvalue weighted by atomic mass is 9.95. The molecule has 2 aromatic rings. The molecule has 0 unspecified atom stereocenters. The molecule has 1 aliphatic heterocycles. The summed E-state index contributed by atoms with van der Waals surface area (Å²) in [5, 5.41) is 3.79. The second kappa shape index (κ2) is 6.38. The van der Waals surface area contributed by atoms with Crippen LogP contribution in [0.1, 0.15) is 42.9 Å². The fourth-order valence-corrected chi connectivity index (χ4v) is 4.78. The van der Waals surface area contributed by atoms with Gasteiger partial charge in [0.1, 0.15) is 6.61 Å². The first-order valence-corrected chi connectivity index (χ1v) is 9.56. The number of hydrogen-bond acceptors (Lipinski definition) is 3. The van der Waals surface area contributed by atoms with Crippen molar-refractivity contribution in [1.82, 2.24) is 5.32 Å². The normalized spacial score (nSPS) is 29.8. The molecule has 2 bridgehead atoms. The van der Waals surface area contributed by atoms with Crippen molar-refractivity contribution in [3.8, 4) is 11.5 Å². The molecule has 1 heterocycles. The second-order valence-electron chi connectivity index (χ2n) is 7.77. The maximum absolute atomic E-state index is 6.09. The highest BCUT2D eigenvalue weighted by Crippen LogP contribution is 2.44. The van der Waals surface area contributed by atoms with Gasteiger partial charge < -0.3 is 14.8 Å². The average molecular weight is 335 g/mol. The van der Waals surface area contributed by atoms with E-state index in [0.717, 1.165) is 35.9 Å². The first-order chi connectivity index (χ1) is 12.3. The minimum absolute atomic E-state index is 0.0255. The SMILES string of the molecule is c1ccc2c(c1)OC[C@H](c1ccc(CN[C@@H]3C[C@H]4CC[C@@H]3C4)cc1)O2. The highest BCUT2D eigenvalue weighted by Gasteiger charge is 2.38. The largest absolute Gasteiger partial charge is 0.485 e. The summed E-state index contributed by atoms with van der Waals surface area (Å²) in [6, 6.07) is 17.4. The smallest absolute Gasteiger partial charge is 0.162 e. The molecule has 4 atom stereocenters. The first-order valence-electron chi connectivity index (χ1n) is 9.56. The lowest BCUT2D eigenvalue weighted by Crippen LogP contribution is -2.33. The van der Waals surface area contributed by atoms with E-state index < -0.39 is 0 Å². The zero-order valence-electron chi connectivity index (χ0n) is 14.5. The molecule has 0 radical (unpaired) electrons. The minimum Gasteiger partial charge on any atom is -0.485 e. The van der Waals surface area contributed by atoms with Gasteiger partial charge in [-0.25, -0.2) is 0 Å². The monoisotopic (exact) mass is 335 g/mol. The zero-order valence-corrected chi connectivity index (χ0v) is 14.5. The van der Waals surface area contributed by atoms with E-state index in [1.54, 1.807) is 0 Å². The van der Waals surface area contributed by atoms with Gasteiger partial charge in [0.15, 0.2) is 17.6 Å². The van der Waals surface area contributed by atoms with E-state index in [-0.39, 0.29) is 6.10 Å². The van der Waals surface area contributed by atoms with Crippen LogP contribution in [0.25, 0.3) is 0 Å².